The summed E-state index contributed by atoms with van der Waals surface area (Å²) in [6.45, 7) is 0.260. The minimum atomic E-state index is -0.788. The van der Waals surface area contributed by atoms with Gasteiger partial charge in [0.05, 0.1) is 7.11 Å². The summed E-state index contributed by atoms with van der Waals surface area (Å²) in [5, 5.41) is 3.56. The van der Waals surface area contributed by atoms with Crippen LogP contribution in [0.3, 0.4) is 0 Å². The third kappa shape index (κ3) is 8.09. The van der Waals surface area contributed by atoms with Crippen molar-refractivity contribution in [1.82, 2.24) is 10.2 Å². The fourth-order valence-corrected chi connectivity index (χ4v) is 4.37. The van der Waals surface area contributed by atoms with Gasteiger partial charge in [-0.3, -0.25) is 9.59 Å². The Hall–Kier alpha value is -4.29. The van der Waals surface area contributed by atoms with Gasteiger partial charge in [0, 0.05) is 24.5 Å². The third-order valence-electron chi connectivity index (χ3n) is 6.30. The van der Waals surface area contributed by atoms with Crippen molar-refractivity contribution in [3.8, 4) is 11.5 Å². The van der Waals surface area contributed by atoms with E-state index in [1.165, 1.54) is 0 Å². The van der Waals surface area contributed by atoms with Crippen LogP contribution in [0.1, 0.15) is 16.7 Å². The van der Waals surface area contributed by atoms with Crippen LogP contribution in [0, 0.1) is 0 Å². The van der Waals surface area contributed by atoms with Gasteiger partial charge in [0.15, 0.2) is 6.61 Å². The molecular formula is C32H31ClN2O4. The number of hydrogen-bond acceptors (Lipinski definition) is 4. The molecule has 7 heteroatoms. The van der Waals surface area contributed by atoms with Crippen molar-refractivity contribution < 1.29 is 19.1 Å². The molecule has 0 aliphatic rings. The van der Waals surface area contributed by atoms with Crippen LogP contribution in [-0.4, -0.2) is 36.5 Å². The average Bonchev–Trinajstić information content (AvgIpc) is 2.98. The topological polar surface area (TPSA) is 67.9 Å². The van der Waals surface area contributed by atoms with Gasteiger partial charge >= 0.3 is 0 Å². The molecule has 0 fully saturated rings. The molecule has 0 aliphatic heterocycles. The highest BCUT2D eigenvalue weighted by atomic mass is 35.5. The summed E-state index contributed by atoms with van der Waals surface area (Å²) in [5.74, 6) is 0.712. The Morgan fingerprint density at radius 3 is 2.10 bits per heavy atom. The van der Waals surface area contributed by atoms with Crippen molar-refractivity contribution in [3.05, 3.63) is 131 Å². The van der Waals surface area contributed by atoms with Crippen LogP contribution in [0.5, 0.6) is 11.5 Å². The fourth-order valence-electron chi connectivity index (χ4n) is 4.17. The molecule has 0 saturated carbocycles. The number of carbonyl (C=O) groups excluding carboxylic acids is 2. The Bertz CT molecular complexity index is 1350. The van der Waals surface area contributed by atoms with E-state index in [0.29, 0.717) is 22.9 Å². The highest BCUT2D eigenvalue weighted by Crippen LogP contribution is 2.19. The highest BCUT2D eigenvalue weighted by molar-refractivity contribution is 6.31. The van der Waals surface area contributed by atoms with Crippen LogP contribution >= 0.6 is 11.6 Å². The average molecular weight is 543 g/mol. The minimum absolute atomic E-state index is 0.205. The number of nitrogens with one attached hydrogen (secondary N) is 1. The van der Waals surface area contributed by atoms with Crippen LogP contribution in [-0.2, 0) is 29.1 Å². The Kier molecular flexibility index (Phi) is 9.98. The van der Waals surface area contributed by atoms with Gasteiger partial charge < -0.3 is 19.7 Å². The maximum atomic E-state index is 13.7. The van der Waals surface area contributed by atoms with Gasteiger partial charge in [0.1, 0.15) is 17.5 Å². The van der Waals surface area contributed by atoms with Gasteiger partial charge in [-0.25, -0.2) is 0 Å². The molecule has 2 amide bonds. The van der Waals surface area contributed by atoms with Crippen LogP contribution < -0.4 is 14.8 Å². The second-order valence-electron chi connectivity index (χ2n) is 8.99. The van der Waals surface area contributed by atoms with E-state index >= 15 is 0 Å². The summed E-state index contributed by atoms with van der Waals surface area (Å²) in [5.41, 5.74) is 2.60. The Balaban J connectivity index is 1.61. The van der Waals surface area contributed by atoms with Crippen molar-refractivity contribution in [2.24, 2.45) is 0 Å². The first-order valence-corrected chi connectivity index (χ1v) is 13.1. The van der Waals surface area contributed by atoms with E-state index in [-0.39, 0.29) is 31.5 Å². The largest absolute Gasteiger partial charge is 0.497 e. The van der Waals surface area contributed by atoms with Crippen molar-refractivity contribution >= 4 is 23.4 Å². The van der Waals surface area contributed by atoms with E-state index in [2.05, 4.69) is 5.32 Å². The number of ether oxygens (including phenoxy) is 2. The molecule has 6 nitrogen and oxygen atoms in total. The number of para-hydroxylation sites is 1. The first-order chi connectivity index (χ1) is 19.0. The van der Waals surface area contributed by atoms with Crippen LogP contribution in [0.4, 0.5) is 0 Å². The summed E-state index contributed by atoms with van der Waals surface area (Å²) >= 11 is 6.32. The molecule has 1 N–H and O–H groups in total. The lowest BCUT2D eigenvalue weighted by Crippen LogP contribution is -2.51. The van der Waals surface area contributed by atoms with E-state index in [1.807, 2.05) is 91.0 Å². The number of carbonyl (C=O) groups is 2. The van der Waals surface area contributed by atoms with Gasteiger partial charge in [-0.15, -0.1) is 0 Å². The summed E-state index contributed by atoms with van der Waals surface area (Å²) in [6, 6.07) is 32.8. The molecule has 4 rings (SSSR count). The van der Waals surface area contributed by atoms with Gasteiger partial charge in [-0.05, 0) is 47.0 Å². The molecule has 0 heterocycles. The molecule has 0 bridgehead atoms. The lowest BCUT2D eigenvalue weighted by Gasteiger charge is -2.31. The first-order valence-electron chi connectivity index (χ1n) is 12.7. The van der Waals surface area contributed by atoms with Crippen molar-refractivity contribution in [2.75, 3.05) is 13.7 Å². The number of rotatable bonds is 12. The molecule has 0 radical (unpaired) electrons. The Morgan fingerprint density at radius 2 is 1.44 bits per heavy atom. The number of methoxy groups -OCH3 is 1. The summed E-state index contributed by atoms with van der Waals surface area (Å²) in [4.78, 5) is 29.0. The standard InChI is InChI=1S/C32H31ClN2O4/c1-38-27-18-16-25(17-19-27)22-35(31(36)23-39-28-13-6-3-7-14-28)30(20-24-10-4-2-5-11-24)32(37)34-21-26-12-8-9-15-29(26)33/h2-19,30H,20-23H2,1H3,(H,34,37). The molecule has 200 valence electrons. The van der Waals surface area contributed by atoms with E-state index in [9.17, 15) is 9.59 Å². The van der Waals surface area contributed by atoms with Gasteiger partial charge in [0.2, 0.25) is 5.91 Å². The summed E-state index contributed by atoms with van der Waals surface area (Å²) in [7, 11) is 1.60. The zero-order valence-electron chi connectivity index (χ0n) is 21.8. The smallest absolute Gasteiger partial charge is 0.261 e. The Labute approximate surface area is 234 Å². The SMILES string of the molecule is COc1ccc(CN(C(=O)COc2ccccc2)C(Cc2ccccc2)C(=O)NCc2ccccc2Cl)cc1. The van der Waals surface area contributed by atoms with Crippen LogP contribution in [0.25, 0.3) is 0 Å². The van der Waals surface area contributed by atoms with E-state index in [0.717, 1.165) is 16.7 Å². The monoisotopic (exact) mass is 542 g/mol. The molecule has 0 saturated heterocycles. The summed E-state index contributed by atoms with van der Waals surface area (Å²) in [6.07, 6.45) is 0.336. The van der Waals surface area contributed by atoms with E-state index in [1.54, 1.807) is 30.2 Å². The molecule has 0 spiro atoms. The quantitative estimate of drug-likeness (QED) is 0.250. The van der Waals surface area contributed by atoms with Crippen molar-refractivity contribution in [3.63, 3.8) is 0 Å². The maximum Gasteiger partial charge on any atom is 0.261 e. The molecule has 1 atom stereocenters. The van der Waals surface area contributed by atoms with Crippen molar-refractivity contribution in [1.29, 1.82) is 0 Å². The highest BCUT2D eigenvalue weighted by Gasteiger charge is 2.30. The second kappa shape index (κ2) is 14.0. The lowest BCUT2D eigenvalue weighted by atomic mass is 10.0. The number of halogens is 1. The minimum Gasteiger partial charge on any atom is -0.497 e. The molecule has 0 aromatic heterocycles. The van der Waals surface area contributed by atoms with E-state index < -0.39 is 6.04 Å². The zero-order valence-corrected chi connectivity index (χ0v) is 22.5. The predicted octanol–water partition coefficient (Wildman–Crippen LogP) is 5.68. The third-order valence-corrected chi connectivity index (χ3v) is 6.67. The van der Waals surface area contributed by atoms with Gasteiger partial charge in [0.25, 0.3) is 5.91 Å². The first kappa shape index (κ1) is 27.7. The number of benzene rings is 4. The Morgan fingerprint density at radius 1 is 0.795 bits per heavy atom. The molecule has 4 aromatic rings. The van der Waals surface area contributed by atoms with Crippen LogP contribution in [0.15, 0.2) is 109 Å². The molecular weight excluding hydrogens is 512 g/mol. The van der Waals surface area contributed by atoms with E-state index in [4.69, 9.17) is 21.1 Å². The molecule has 4 aromatic carbocycles. The normalized spacial score (nSPS) is 11.3. The van der Waals surface area contributed by atoms with Crippen molar-refractivity contribution in [2.45, 2.75) is 25.6 Å². The number of hydrogen-bond donors (Lipinski definition) is 1. The fraction of sp³-hybridized carbons (Fsp3) is 0.188. The molecule has 0 aliphatic carbocycles. The molecule has 39 heavy (non-hydrogen) atoms. The second-order valence-corrected chi connectivity index (χ2v) is 9.39. The summed E-state index contributed by atoms with van der Waals surface area (Å²) < 4.78 is 11.1. The number of nitrogens with zero attached hydrogens (tertiary/aromatic N) is 1. The maximum absolute atomic E-state index is 13.7. The number of amides is 2. The van der Waals surface area contributed by atoms with Gasteiger partial charge in [-0.1, -0.05) is 90.5 Å². The zero-order chi connectivity index (χ0) is 27.5. The predicted molar refractivity (Wildman–Crippen MR) is 153 cm³/mol. The van der Waals surface area contributed by atoms with Crippen LogP contribution in [0.2, 0.25) is 5.02 Å². The molecule has 1 unspecified atom stereocenters. The lowest BCUT2D eigenvalue weighted by molar-refractivity contribution is -0.142. The van der Waals surface area contributed by atoms with Gasteiger partial charge in [-0.2, -0.15) is 0 Å².